The van der Waals surface area contributed by atoms with Crippen molar-refractivity contribution in [2.24, 2.45) is 5.73 Å². The lowest BCUT2D eigenvalue weighted by atomic mass is 10.3. The third-order valence-corrected chi connectivity index (χ3v) is 5.53. The first-order chi connectivity index (χ1) is 9.35. The molecule has 2 rings (SSSR count). The van der Waals surface area contributed by atoms with Crippen molar-refractivity contribution in [3.8, 4) is 0 Å². The fourth-order valence-corrected chi connectivity index (χ4v) is 4.65. The fourth-order valence-electron chi connectivity index (χ4n) is 1.55. The van der Waals surface area contributed by atoms with Crippen LogP contribution in [-0.2, 0) is 16.6 Å². The summed E-state index contributed by atoms with van der Waals surface area (Å²) in [5.41, 5.74) is 5.42. The van der Waals surface area contributed by atoms with Gasteiger partial charge in [0, 0.05) is 11.4 Å². The van der Waals surface area contributed by atoms with Crippen LogP contribution in [0.5, 0.6) is 0 Å². The molecule has 0 bridgehead atoms. The Morgan fingerprint density at radius 1 is 1.30 bits per heavy atom. The first-order valence-electron chi connectivity index (χ1n) is 5.29. The normalized spacial score (nSPS) is 11.6. The molecule has 0 radical (unpaired) electrons. The maximum Gasteiger partial charge on any atom is 0.263 e. The predicted octanol–water partition coefficient (Wildman–Crippen LogP) is 3.45. The van der Waals surface area contributed by atoms with Crippen LogP contribution in [0.1, 0.15) is 4.88 Å². The Balaban J connectivity index is 2.44. The Bertz CT molecular complexity index is 724. The SMILES string of the molecule is NCc1sccc1S(=O)(=O)Nc1c(Cl)cc(F)cc1Cl. The molecule has 0 saturated heterocycles. The van der Waals surface area contributed by atoms with Crippen molar-refractivity contribution >= 4 is 50.2 Å². The van der Waals surface area contributed by atoms with E-state index in [2.05, 4.69) is 4.72 Å². The van der Waals surface area contributed by atoms with Crippen molar-refractivity contribution in [3.63, 3.8) is 0 Å². The third kappa shape index (κ3) is 3.07. The van der Waals surface area contributed by atoms with E-state index in [9.17, 15) is 12.8 Å². The third-order valence-electron chi connectivity index (χ3n) is 2.42. The van der Waals surface area contributed by atoms with E-state index in [0.717, 1.165) is 12.1 Å². The highest BCUT2D eigenvalue weighted by Gasteiger charge is 2.22. The summed E-state index contributed by atoms with van der Waals surface area (Å²) in [6, 6.07) is 3.38. The van der Waals surface area contributed by atoms with Crippen LogP contribution in [0.3, 0.4) is 0 Å². The van der Waals surface area contributed by atoms with Crippen molar-refractivity contribution < 1.29 is 12.8 Å². The molecule has 0 aliphatic heterocycles. The zero-order chi connectivity index (χ0) is 14.9. The number of anilines is 1. The van der Waals surface area contributed by atoms with Gasteiger partial charge in [0.25, 0.3) is 10.0 Å². The van der Waals surface area contributed by atoms with Gasteiger partial charge < -0.3 is 5.73 Å². The van der Waals surface area contributed by atoms with Crippen LogP contribution in [0.2, 0.25) is 10.0 Å². The maximum atomic E-state index is 13.1. The van der Waals surface area contributed by atoms with E-state index in [4.69, 9.17) is 28.9 Å². The van der Waals surface area contributed by atoms with Crippen LogP contribution >= 0.6 is 34.5 Å². The van der Waals surface area contributed by atoms with Crippen LogP contribution in [0.4, 0.5) is 10.1 Å². The summed E-state index contributed by atoms with van der Waals surface area (Å²) in [6.45, 7) is 0.0960. The molecule has 1 aromatic heterocycles. The number of hydrogen-bond acceptors (Lipinski definition) is 4. The molecule has 20 heavy (non-hydrogen) atoms. The standard InChI is InChI=1S/C11H9Cl2FN2O2S2/c12-7-3-6(14)4-8(13)11(7)16-20(17,18)10-1-2-19-9(10)5-15/h1-4,16H,5,15H2. The summed E-state index contributed by atoms with van der Waals surface area (Å²) in [5.74, 6) is -0.652. The molecule has 0 aliphatic carbocycles. The number of nitrogens with two attached hydrogens (primary N) is 1. The average Bonchev–Trinajstić information content (AvgIpc) is 2.83. The fraction of sp³-hybridized carbons (Fsp3) is 0.0909. The van der Waals surface area contributed by atoms with Gasteiger partial charge in [-0.3, -0.25) is 4.72 Å². The van der Waals surface area contributed by atoms with E-state index < -0.39 is 15.8 Å². The molecule has 2 aromatic rings. The van der Waals surface area contributed by atoms with Crippen LogP contribution in [0.15, 0.2) is 28.5 Å². The number of hydrogen-bond donors (Lipinski definition) is 2. The Kier molecular flexibility index (Phi) is 4.55. The van der Waals surface area contributed by atoms with Crippen LogP contribution in [-0.4, -0.2) is 8.42 Å². The highest BCUT2D eigenvalue weighted by molar-refractivity contribution is 7.93. The molecule has 0 spiro atoms. The van der Waals surface area contributed by atoms with Crippen molar-refractivity contribution in [3.05, 3.63) is 44.3 Å². The second-order valence-corrected chi connectivity index (χ2v) is 7.23. The maximum absolute atomic E-state index is 13.1. The highest BCUT2D eigenvalue weighted by atomic mass is 35.5. The number of nitrogens with one attached hydrogen (secondary N) is 1. The molecule has 0 unspecified atom stereocenters. The molecule has 9 heteroatoms. The summed E-state index contributed by atoms with van der Waals surface area (Å²) in [5, 5.41) is 1.37. The Morgan fingerprint density at radius 3 is 2.45 bits per heavy atom. The highest BCUT2D eigenvalue weighted by Crippen LogP contribution is 2.34. The number of thiophene rings is 1. The molecule has 1 heterocycles. The molecule has 0 amide bonds. The van der Waals surface area contributed by atoms with E-state index in [1.807, 2.05) is 0 Å². The molecule has 3 N–H and O–H groups in total. The molecular formula is C11H9Cl2FN2O2S2. The van der Waals surface area contributed by atoms with Gasteiger partial charge in [0.1, 0.15) is 10.7 Å². The van der Waals surface area contributed by atoms with E-state index in [0.29, 0.717) is 4.88 Å². The van der Waals surface area contributed by atoms with E-state index >= 15 is 0 Å². The van der Waals surface area contributed by atoms with Crippen molar-refractivity contribution in [1.82, 2.24) is 0 Å². The van der Waals surface area contributed by atoms with Gasteiger partial charge in [0.05, 0.1) is 15.7 Å². The van der Waals surface area contributed by atoms with Crippen molar-refractivity contribution in [1.29, 1.82) is 0 Å². The summed E-state index contributed by atoms with van der Waals surface area (Å²) < 4.78 is 39.8. The van der Waals surface area contributed by atoms with E-state index in [1.165, 1.54) is 17.4 Å². The second kappa shape index (κ2) is 5.87. The minimum atomic E-state index is -3.88. The Labute approximate surface area is 129 Å². The zero-order valence-electron chi connectivity index (χ0n) is 9.86. The summed E-state index contributed by atoms with van der Waals surface area (Å²) in [7, 11) is -3.88. The molecule has 1 aromatic carbocycles. The molecule has 4 nitrogen and oxygen atoms in total. The predicted molar refractivity (Wildman–Crippen MR) is 79.4 cm³/mol. The lowest BCUT2D eigenvalue weighted by Crippen LogP contribution is -2.15. The van der Waals surface area contributed by atoms with Gasteiger partial charge in [-0.2, -0.15) is 0 Å². The van der Waals surface area contributed by atoms with Crippen LogP contribution in [0.25, 0.3) is 0 Å². The van der Waals surface area contributed by atoms with Gasteiger partial charge in [-0.15, -0.1) is 11.3 Å². The van der Waals surface area contributed by atoms with Crippen LogP contribution in [0, 0.1) is 5.82 Å². The molecule has 0 saturated carbocycles. The second-order valence-electron chi connectivity index (χ2n) is 3.76. The number of rotatable bonds is 4. The van der Waals surface area contributed by atoms with Gasteiger partial charge in [0.2, 0.25) is 0 Å². The first kappa shape index (κ1) is 15.5. The van der Waals surface area contributed by atoms with Crippen molar-refractivity contribution in [2.75, 3.05) is 4.72 Å². The van der Waals surface area contributed by atoms with Gasteiger partial charge >= 0.3 is 0 Å². The largest absolute Gasteiger partial charge is 0.326 e. The van der Waals surface area contributed by atoms with Crippen molar-refractivity contribution in [2.45, 2.75) is 11.4 Å². The summed E-state index contributed by atoms with van der Waals surface area (Å²) in [6.07, 6.45) is 0. The number of sulfonamides is 1. The molecule has 108 valence electrons. The zero-order valence-corrected chi connectivity index (χ0v) is 13.0. The first-order valence-corrected chi connectivity index (χ1v) is 8.41. The minimum Gasteiger partial charge on any atom is -0.326 e. The Morgan fingerprint density at radius 2 is 1.90 bits per heavy atom. The summed E-state index contributed by atoms with van der Waals surface area (Å²) >= 11 is 12.8. The molecule has 0 aliphatic rings. The quantitative estimate of drug-likeness (QED) is 0.882. The number of halogens is 3. The van der Waals surface area contributed by atoms with E-state index in [1.54, 1.807) is 5.38 Å². The van der Waals surface area contributed by atoms with Gasteiger partial charge in [-0.1, -0.05) is 23.2 Å². The van der Waals surface area contributed by atoms with Gasteiger partial charge in [0.15, 0.2) is 0 Å². The topological polar surface area (TPSA) is 72.2 Å². The number of benzene rings is 1. The smallest absolute Gasteiger partial charge is 0.263 e. The van der Waals surface area contributed by atoms with Crippen LogP contribution < -0.4 is 10.5 Å². The Hall–Kier alpha value is -0.860. The molecule has 0 fully saturated rings. The van der Waals surface area contributed by atoms with E-state index in [-0.39, 0.29) is 27.2 Å². The lowest BCUT2D eigenvalue weighted by molar-refractivity contribution is 0.600. The summed E-state index contributed by atoms with van der Waals surface area (Å²) in [4.78, 5) is 0.563. The minimum absolute atomic E-state index is 0.0569. The molecule has 0 atom stereocenters. The lowest BCUT2D eigenvalue weighted by Gasteiger charge is -2.11. The van der Waals surface area contributed by atoms with Gasteiger partial charge in [-0.05, 0) is 23.6 Å². The average molecular weight is 355 g/mol. The molecular weight excluding hydrogens is 346 g/mol. The monoisotopic (exact) mass is 354 g/mol. The van der Waals surface area contributed by atoms with Gasteiger partial charge in [-0.25, -0.2) is 12.8 Å².